The summed E-state index contributed by atoms with van der Waals surface area (Å²) in [4.78, 5) is 195. The number of nitrogen functional groups attached to an aromatic ring is 1. The first-order valence-corrected chi connectivity index (χ1v) is 44.3. The van der Waals surface area contributed by atoms with Gasteiger partial charge in [-0.15, -0.1) is 0 Å². The van der Waals surface area contributed by atoms with E-state index < -0.39 is 99.7 Å². The topological polar surface area (TPSA) is 488 Å². The van der Waals surface area contributed by atoms with Crippen molar-refractivity contribution in [3.05, 3.63) is 335 Å². The Morgan fingerprint density at radius 2 is 0.779 bits per heavy atom. The Balaban J connectivity index is 0.000000119. The number of carbonyl (C=O) groups is 12. The van der Waals surface area contributed by atoms with Crippen molar-refractivity contribution < 1.29 is 85.3 Å². The van der Waals surface area contributed by atoms with Gasteiger partial charge in [0.05, 0.1) is 44.5 Å². The normalized spacial score (nSPS) is 19.6. The van der Waals surface area contributed by atoms with Crippen LogP contribution in [0.4, 0.5) is 38.3 Å². The number of pyridine rings is 2. The first kappa shape index (κ1) is 91.7. The van der Waals surface area contributed by atoms with Crippen LogP contribution in [0.2, 0.25) is 10.0 Å². The third kappa shape index (κ3) is 17.7. The number of nitrogens with two attached hydrogens (primary N) is 1. The number of hydrogen-bond donors (Lipinski definition) is 12. The lowest BCUT2D eigenvalue weighted by Gasteiger charge is -2.31. The van der Waals surface area contributed by atoms with E-state index in [9.17, 15) is 85.4 Å². The number of aromatic nitrogens is 6. The Hall–Kier alpha value is -17.4. The molecule has 41 heteroatoms. The first-order chi connectivity index (χ1) is 67.2. The van der Waals surface area contributed by atoms with Crippen LogP contribution in [0.15, 0.2) is 241 Å². The van der Waals surface area contributed by atoms with Crippen LogP contribution in [0.5, 0.6) is 17.2 Å². The van der Waals surface area contributed by atoms with Crippen molar-refractivity contribution in [3.63, 3.8) is 0 Å². The molecular weight excluding hydrogens is 1860 g/mol. The minimum absolute atomic E-state index is 0.0245. The summed E-state index contributed by atoms with van der Waals surface area (Å²) < 4.78 is 50.9. The smallest absolute Gasteiger partial charge is 0.387 e. The van der Waals surface area contributed by atoms with Crippen molar-refractivity contribution in [2.45, 2.75) is 67.8 Å². The molecule has 9 aliphatic rings. The number of ether oxygens (including phenoxy) is 2. The first-order valence-electron chi connectivity index (χ1n) is 43.5. The molecule has 4 saturated heterocycles. The number of nitrogens with zero attached hydrogens (tertiary/aromatic N) is 8. The molecule has 22 rings (SSSR count). The maximum absolute atomic E-state index is 13.6. The van der Waals surface area contributed by atoms with E-state index in [1.54, 1.807) is 150 Å². The fraction of sp³-hybridized carbons (Fsp3) is 0.182. The summed E-state index contributed by atoms with van der Waals surface area (Å²) >= 11 is 11.9. The Kier molecular flexibility index (Phi) is 23.8. The maximum Gasteiger partial charge on any atom is 0.387 e. The van der Waals surface area contributed by atoms with Gasteiger partial charge in [-0.25, -0.2) is 33.5 Å². The standard InChI is InChI=1S/C27H23ClN4O5.C27H21F2N5O4.C23H17ClN4O5.C22H17FN6O3/c28-22-9-18(11-29-23(22)33)16-3-6-19(7-4-16)27(25(35)30-26(36)31-27)14-32-12-17-5-8-20(10-21(17)24(32)34)37-13-15-1-2-15;1-33-22-9-5-16(10-18(22)12-30-33)15-2-6-19(7-3-15)27(24(36)31-26(37)32-27)14-34-13-17-4-8-20(38-25(28)29)11-21(17)23(34)35;24-18-7-14(9-25-19(18)30)12-1-4-15(5-2-12)23(21(32)26-22(33)27-23)11-28-10-13-3-6-16(29)8-17(13)20(28)31;23-16-6-3-13-10-29(18(30)17(13)7-16)11-22(19(31)27-21(32)28-22)15-4-1-12(2-5-15)14-8-25-20(24)26-9-14/h3-11,15H,1-2,12-14H2,(H,29,33)(H2,30,31,35,36);2-12,25H,13-14H2,1H3,(H2,31,32,36,37);1-9,29H,10-11H2,(H,25,30)(H2,26,27,32,33);1-9H,10-11H2,(H2,24,25,26)(H2,27,28,31,32)/t2*27-;23-;22-/m0000/s1. The van der Waals surface area contributed by atoms with Gasteiger partial charge in [0.15, 0.2) is 22.2 Å². The number of urea groups is 4. The Labute approximate surface area is 799 Å². The van der Waals surface area contributed by atoms with E-state index in [4.69, 9.17) is 33.7 Å². The fourth-order valence-electron chi connectivity index (χ4n) is 18.2. The van der Waals surface area contributed by atoms with Crippen LogP contribution in [0.1, 0.15) is 98.8 Å². The maximum atomic E-state index is 13.6. The van der Waals surface area contributed by atoms with Crippen molar-refractivity contribution in [1.29, 1.82) is 0 Å². The van der Waals surface area contributed by atoms with E-state index in [0.717, 1.165) is 55.4 Å². The van der Waals surface area contributed by atoms with Gasteiger partial charge < -0.3 is 71.1 Å². The summed E-state index contributed by atoms with van der Waals surface area (Å²) in [6, 6.07) is 52.6. The number of alkyl halides is 2. The molecule has 9 aromatic carbocycles. The lowest BCUT2D eigenvalue weighted by atomic mass is 9.88. The van der Waals surface area contributed by atoms with Crippen LogP contribution in [-0.4, -0.2) is 165 Å². The SMILES string of the molecule is Cn1ncc2cc(-c3ccc([C@]4(CN5Cc6ccc(OC(F)F)cc6C5=O)NC(=O)NC4=O)cc3)ccc21.Nc1ncc(-c2ccc([C@]3(CN4Cc5ccc(F)cc5C4=O)NC(=O)NC3=O)cc2)cn1.O=C1NC(=O)[C@](CN2Cc3ccc(O)cc3C2=O)(c2ccc(-c3c[nH]c(=O)c(Cl)c3)cc2)N1.O=C1NC(=O)[C@](CN2Cc3ccc(OCC4CC4)cc3C2=O)(c2ccc(-c3c[nH]c(=O)c(Cl)c3)cc2)N1. The number of fused-ring (bicyclic) bond motifs is 5. The zero-order valence-corrected chi connectivity index (χ0v) is 74.9. The molecule has 140 heavy (non-hydrogen) atoms. The number of rotatable bonds is 21. The third-order valence-corrected chi connectivity index (χ3v) is 26.3. The number of halogens is 5. The summed E-state index contributed by atoms with van der Waals surface area (Å²) in [7, 11) is 1.87. The van der Waals surface area contributed by atoms with Crippen LogP contribution in [-0.2, 0) is 74.6 Å². The van der Waals surface area contributed by atoms with Gasteiger partial charge in [0, 0.05) is 91.2 Å². The number of carbonyl (C=O) groups excluding carboxylic acids is 12. The van der Waals surface area contributed by atoms with Crippen molar-refractivity contribution in [1.82, 2.24) is 91.9 Å². The molecule has 0 bridgehead atoms. The third-order valence-electron chi connectivity index (χ3n) is 25.7. The lowest BCUT2D eigenvalue weighted by molar-refractivity contribution is -0.125. The summed E-state index contributed by atoms with van der Waals surface area (Å²) in [5.74, 6) is -2.93. The second kappa shape index (κ2) is 36.4. The van der Waals surface area contributed by atoms with Crippen LogP contribution >= 0.6 is 23.2 Å². The summed E-state index contributed by atoms with van der Waals surface area (Å²) in [5.41, 5.74) is 12.2. The zero-order chi connectivity index (χ0) is 98.1. The minimum Gasteiger partial charge on any atom is -0.508 e. The highest BCUT2D eigenvalue weighted by Gasteiger charge is 2.55. The molecule has 12 heterocycles. The van der Waals surface area contributed by atoms with Gasteiger partial charge >= 0.3 is 30.7 Å². The van der Waals surface area contributed by atoms with Crippen LogP contribution < -0.4 is 68.9 Å². The van der Waals surface area contributed by atoms with Crippen molar-refractivity contribution in [2.24, 2.45) is 13.0 Å². The molecule has 0 spiro atoms. The number of H-pyrrole nitrogens is 2. The molecule has 16 amide bonds. The molecule has 13 aromatic rings. The Bertz CT molecular complexity index is 7520. The molecule has 0 unspecified atom stereocenters. The quantitative estimate of drug-likeness (QED) is 0.0297. The van der Waals surface area contributed by atoms with E-state index in [1.807, 2.05) is 49.5 Å². The van der Waals surface area contributed by atoms with Crippen molar-refractivity contribution >= 4 is 111 Å². The van der Waals surface area contributed by atoms with Crippen molar-refractivity contribution in [2.75, 3.05) is 38.5 Å². The average molecular weight is 1930 g/mol. The van der Waals surface area contributed by atoms with Gasteiger partial charge in [-0.2, -0.15) is 13.9 Å². The fourth-order valence-corrected chi connectivity index (χ4v) is 18.6. The molecular formula is C99H78Cl2F3N19O17. The molecule has 1 aliphatic carbocycles. The van der Waals surface area contributed by atoms with Crippen LogP contribution in [0.25, 0.3) is 55.4 Å². The number of aromatic hydroxyl groups is 1. The van der Waals surface area contributed by atoms with Gasteiger partial charge in [0.1, 0.15) is 33.1 Å². The van der Waals surface area contributed by atoms with Gasteiger partial charge in [-0.05, 0) is 175 Å². The van der Waals surface area contributed by atoms with Gasteiger partial charge in [0.25, 0.3) is 58.4 Å². The molecule has 4 aromatic heterocycles. The molecule has 4 atom stereocenters. The van der Waals surface area contributed by atoms with E-state index in [2.05, 4.69) is 72.3 Å². The van der Waals surface area contributed by atoms with E-state index in [-0.39, 0.29) is 102 Å². The monoisotopic (exact) mass is 1930 g/mol. The zero-order valence-electron chi connectivity index (χ0n) is 73.4. The van der Waals surface area contributed by atoms with E-state index >= 15 is 0 Å². The number of nitrogens with one attached hydrogen (secondary N) is 10. The van der Waals surface area contributed by atoms with Gasteiger partial charge in [-0.1, -0.05) is 151 Å². The largest absolute Gasteiger partial charge is 0.508 e. The number of phenols is 1. The highest BCUT2D eigenvalue weighted by atomic mass is 35.5. The predicted octanol–water partition coefficient (Wildman–Crippen LogP) is 10.4. The molecule has 0 radical (unpaired) electrons. The second-order valence-corrected chi connectivity index (χ2v) is 35.4. The number of amides is 16. The molecule has 706 valence electrons. The summed E-state index contributed by atoms with van der Waals surface area (Å²) in [6.07, 6.45) is 10.4. The number of imide groups is 4. The van der Waals surface area contributed by atoms with E-state index in [1.165, 1.54) is 76.2 Å². The van der Waals surface area contributed by atoms with Crippen LogP contribution in [0, 0.1) is 11.7 Å². The molecule has 5 fully saturated rings. The molecule has 13 N–H and O–H groups in total. The molecule has 8 aliphatic heterocycles. The van der Waals surface area contributed by atoms with Gasteiger partial charge in [-0.3, -0.25) is 73.9 Å². The van der Waals surface area contributed by atoms with Crippen molar-refractivity contribution in [3.8, 4) is 61.8 Å². The Morgan fingerprint density at radius 1 is 0.421 bits per heavy atom. The molecule has 36 nitrogen and oxygen atoms in total. The average Bonchev–Trinajstić information content (AvgIpc) is 1.60. The lowest BCUT2D eigenvalue weighted by Crippen LogP contribution is -2.52. The highest BCUT2D eigenvalue weighted by Crippen LogP contribution is 2.42. The number of aryl methyl sites for hydroxylation is 1. The van der Waals surface area contributed by atoms with Gasteiger partial charge in [0.2, 0.25) is 5.95 Å². The number of aromatic amines is 2. The van der Waals surface area contributed by atoms with E-state index in [0.29, 0.717) is 80.5 Å². The number of phenolic OH excluding ortho intramolecular Hbond substituents is 1. The highest BCUT2D eigenvalue weighted by molar-refractivity contribution is 6.31. The number of hydrogen-bond acceptors (Lipinski definition) is 21. The second-order valence-electron chi connectivity index (χ2n) is 34.6. The number of benzene rings is 9. The van der Waals surface area contributed by atoms with Crippen LogP contribution in [0.3, 0.4) is 0 Å². The number of anilines is 1. The molecule has 1 saturated carbocycles. The summed E-state index contributed by atoms with van der Waals surface area (Å²) in [6.45, 7) is -1.85. The summed E-state index contributed by atoms with van der Waals surface area (Å²) in [5, 5.41) is 35.0. The predicted molar refractivity (Wildman–Crippen MR) is 498 cm³/mol. The minimum atomic E-state index is -3.02. The Morgan fingerprint density at radius 3 is 1.16 bits per heavy atom.